The molecule has 1 aliphatic heterocycles. The van der Waals surface area contributed by atoms with E-state index in [0.29, 0.717) is 40.7 Å². The minimum Gasteiger partial charge on any atom is -0.283 e. The monoisotopic (exact) mass is 575 g/mol. The van der Waals surface area contributed by atoms with E-state index in [-0.39, 0.29) is 30.3 Å². The molecule has 1 aliphatic rings. The zero-order valence-corrected chi connectivity index (χ0v) is 23.1. The molecule has 3 heterocycles. The van der Waals surface area contributed by atoms with Crippen LogP contribution in [-0.2, 0) is 16.3 Å². The molecule has 0 radical (unpaired) electrons. The number of sulfone groups is 1. The van der Waals surface area contributed by atoms with Crippen molar-refractivity contribution < 1.29 is 13.2 Å². The minimum absolute atomic E-state index is 0.0125. The number of hydrazine groups is 1. The maximum absolute atomic E-state index is 13.4. The van der Waals surface area contributed by atoms with Crippen LogP contribution < -0.4 is 5.43 Å². The Morgan fingerprint density at radius 1 is 1.19 bits per heavy atom. The van der Waals surface area contributed by atoms with Crippen molar-refractivity contribution in [3.63, 3.8) is 0 Å². The van der Waals surface area contributed by atoms with Crippen LogP contribution in [0.2, 0.25) is 10.0 Å². The molecule has 1 saturated heterocycles. The van der Waals surface area contributed by atoms with E-state index in [1.165, 1.54) is 11.3 Å². The molecule has 0 saturated carbocycles. The summed E-state index contributed by atoms with van der Waals surface area (Å²) < 4.78 is 25.2. The Kier molecular flexibility index (Phi) is 8.58. The standard InChI is InChI=1S/C25H23Cl2N5O3S2/c1-2-19-23(25(33)30-31-12-14-37(34,35)15-13-31)29-32(21-9-7-17(26)16-20(21)27)24(19)22-10-8-18(36-22)6-4-3-5-11-28/h7-10,16H,2-3,5,12-15H2,1H3,(H,30,33). The van der Waals surface area contributed by atoms with E-state index in [9.17, 15) is 13.2 Å². The first-order chi connectivity index (χ1) is 17.7. The minimum atomic E-state index is -3.08. The number of benzene rings is 1. The summed E-state index contributed by atoms with van der Waals surface area (Å²) in [5.74, 6) is 5.64. The first-order valence-electron chi connectivity index (χ1n) is 11.5. The van der Waals surface area contributed by atoms with Crippen LogP contribution >= 0.6 is 34.5 Å². The van der Waals surface area contributed by atoms with E-state index in [1.54, 1.807) is 27.9 Å². The van der Waals surface area contributed by atoms with Gasteiger partial charge in [-0.2, -0.15) is 10.4 Å². The average molecular weight is 577 g/mol. The van der Waals surface area contributed by atoms with Gasteiger partial charge in [0.1, 0.15) is 0 Å². The van der Waals surface area contributed by atoms with Crippen LogP contribution in [0, 0.1) is 23.2 Å². The van der Waals surface area contributed by atoms with Crippen LogP contribution in [0.3, 0.4) is 0 Å². The van der Waals surface area contributed by atoms with Gasteiger partial charge in [-0.05, 0) is 36.8 Å². The summed E-state index contributed by atoms with van der Waals surface area (Å²) in [6.07, 6.45) is 1.37. The SMILES string of the molecule is CCc1c(C(=O)NN2CCS(=O)(=O)CC2)nn(-c2ccc(Cl)cc2Cl)c1-c1ccc(C#CCCC#N)s1. The second-order valence-corrected chi connectivity index (χ2v) is 12.5. The van der Waals surface area contributed by atoms with E-state index in [0.717, 1.165) is 15.3 Å². The summed E-state index contributed by atoms with van der Waals surface area (Å²) in [4.78, 5) is 15.0. The van der Waals surface area contributed by atoms with Crippen LogP contribution in [-0.4, -0.2) is 53.7 Å². The third-order valence-corrected chi connectivity index (χ3v) is 8.86. The molecule has 1 amide bonds. The van der Waals surface area contributed by atoms with Gasteiger partial charge in [-0.25, -0.2) is 18.1 Å². The van der Waals surface area contributed by atoms with Crippen molar-refractivity contribution in [3.8, 4) is 34.2 Å². The van der Waals surface area contributed by atoms with Gasteiger partial charge in [0, 0.05) is 36.5 Å². The number of unbranched alkanes of at least 4 members (excludes halogenated alkanes) is 1. The first-order valence-corrected chi connectivity index (χ1v) is 14.9. The Balaban J connectivity index is 1.76. The maximum atomic E-state index is 13.4. The third-order valence-electron chi connectivity index (χ3n) is 5.71. The second-order valence-electron chi connectivity index (χ2n) is 8.24. The quantitative estimate of drug-likeness (QED) is 0.342. The molecule has 192 valence electrons. The predicted molar refractivity (Wildman–Crippen MR) is 146 cm³/mol. The molecule has 4 rings (SSSR count). The highest BCUT2D eigenvalue weighted by Crippen LogP contribution is 2.36. The summed E-state index contributed by atoms with van der Waals surface area (Å²) in [6.45, 7) is 2.37. The molecule has 3 aromatic rings. The van der Waals surface area contributed by atoms with Crippen molar-refractivity contribution in [2.75, 3.05) is 24.6 Å². The van der Waals surface area contributed by atoms with Crippen molar-refractivity contribution >= 4 is 50.3 Å². The van der Waals surface area contributed by atoms with E-state index >= 15 is 0 Å². The number of hydrogen-bond acceptors (Lipinski definition) is 7. The van der Waals surface area contributed by atoms with Gasteiger partial charge in [-0.15, -0.1) is 11.3 Å². The van der Waals surface area contributed by atoms with Gasteiger partial charge >= 0.3 is 0 Å². The van der Waals surface area contributed by atoms with Crippen molar-refractivity contribution in [2.24, 2.45) is 0 Å². The Morgan fingerprint density at radius 3 is 2.62 bits per heavy atom. The lowest BCUT2D eigenvalue weighted by molar-refractivity contribution is 0.0795. The lowest BCUT2D eigenvalue weighted by Gasteiger charge is -2.26. The van der Waals surface area contributed by atoms with Crippen LogP contribution in [0.4, 0.5) is 0 Å². The Morgan fingerprint density at radius 2 is 1.95 bits per heavy atom. The summed E-state index contributed by atoms with van der Waals surface area (Å²) in [5.41, 5.74) is 5.04. The number of amides is 1. The zero-order chi connectivity index (χ0) is 26.6. The Hall–Kier alpha value is -2.86. The summed E-state index contributed by atoms with van der Waals surface area (Å²) in [7, 11) is -3.08. The van der Waals surface area contributed by atoms with E-state index in [1.807, 2.05) is 19.1 Å². The van der Waals surface area contributed by atoms with Crippen LogP contribution in [0.5, 0.6) is 0 Å². The first kappa shape index (κ1) is 27.2. The third kappa shape index (κ3) is 6.35. The fourth-order valence-corrected chi connectivity index (χ4v) is 6.50. The summed E-state index contributed by atoms with van der Waals surface area (Å²) >= 11 is 14.1. The number of carbonyl (C=O) groups is 1. The molecule has 0 spiro atoms. The van der Waals surface area contributed by atoms with Crippen LogP contribution in [0.25, 0.3) is 16.3 Å². The molecule has 0 atom stereocenters. The number of thiophene rings is 1. The van der Waals surface area contributed by atoms with Crippen molar-refractivity contribution in [2.45, 2.75) is 26.2 Å². The lowest BCUT2D eigenvalue weighted by Crippen LogP contribution is -2.50. The lowest BCUT2D eigenvalue weighted by atomic mass is 10.1. The smallest absolute Gasteiger partial charge is 0.283 e. The van der Waals surface area contributed by atoms with E-state index < -0.39 is 15.7 Å². The molecule has 1 aromatic carbocycles. The number of nitriles is 1. The molecule has 8 nitrogen and oxygen atoms in total. The van der Waals surface area contributed by atoms with Crippen LogP contribution in [0.15, 0.2) is 30.3 Å². The van der Waals surface area contributed by atoms with Gasteiger partial charge in [-0.3, -0.25) is 10.2 Å². The van der Waals surface area contributed by atoms with Crippen LogP contribution in [0.1, 0.15) is 40.7 Å². The van der Waals surface area contributed by atoms with Gasteiger partial charge in [0.05, 0.1) is 43.7 Å². The number of nitrogens with zero attached hydrogens (tertiary/aromatic N) is 4. The zero-order valence-electron chi connectivity index (χ0n) is 19.9. The molecule has 1 N–H and O–H groups in total. The highest BCUT2D eigenvalue weighted by atomic mass is 35.5. The molecular formula is C25H23Cl2N5O3S2. The topological polar surface area (TPSA) is 108 Å². The summed E-state index contributed by atoms with van der Waals surface area (Å²) in [5, 5.41) is 15.9. The van der Waals surface area contributed by atoms with Gasteiger partial charge in [0.15, 0.2) is 15.5 Å². The highest BCUT2D eigenvalue weighted by molar-refractivity contribution is 7.91. The molecule has 0 unspecified atom stereocenters. The Labute approximate surface area is 229 Å². The fourth-order valence-electron chi connectivity index (χ4n) is 3.87. The van der Waals surface area contributed by atoms with Gasteiger partial charge in [-0.1, -0.05) is 42.0 Å². The van der Waals surface area contributed by atoms with Gasteiger partial charge in [0.2, 0.25) is 0 Å². The molecule has 2 aromatic heterocycles. The van der Waals surface area contributed by atoms with E-state index in [2.05, 4.69) is 28.4 Å². The molecule has 12 heteroatoms. The maximum Gasteiger partial charge on any atom is 0.286 e. The molecule has 1 fully saturated rings. The molecule has 0 bridgehead atoms. The molecule has 0 aliphatic carbocycles. The van der Waals surface area contributed by atoms with E-state index in [4.69, 9.17) is 28.5 Å². The number of carbonyl (C=O) groups excluding carboxylic acids is 1. The van der Waals surface area contributed by atoms with Crippen molar-refractivity contribution in [3.05, 3.63) is 56.5 Å². The average Bonchev–Trinajstić information content (AvgIpc) is 3.47. The second kappa shape index (κ2) is 11.7. The number of rotatable bonds is 6. The fraction of sp³-hybridized carbons (Fsp3) is 0.320. The Bertz CT molecular complexity index is 1530. The number of hydrogen-bond donors (Lipinski definition) is 1. The number of nitrogens with one attached hydrogen (secondary N) is 1. The van der Waals surface area contributed by atoms with Gasteiger partial charge in [0.25, 0.3) is 5.91 Å². The van der Waals surface area contributed by atoms with Gasteiger partial charge < -0.3 is 0 Å². The van der Waals surface area contributed by atoms with Crippen molar-refractivity contribution in [1.82, 2.24) is 20.2 Å². The van der Waals surface area contributed by atoms with Crippen molar-refractivity contribution in [1.29, 1.82) is 5.26 Å². The highest BCUT2D eigenvalue weighted by Gasteiger charge is 2.28. The number of halogens is 2. The normalized spacial score (nSPS) is 15.0. The number of aromatic nitrogens is 2. The predicted octanol–water partition coefficient (Wildman–Crippen LogP) is 4.50. The molecular weight excluding hydrogens is 553 g/mol. The summed E-state index contributed by atoms with van der Waals surface area (Å²) in [6, 6.07) is 11.0. The largest absolute Gasteiger partial charge is 0.286 e. The molecule has 37 heavy (non-hydrogen) atoms.